The molecule has 2 aromatic heterocycles. The van der Waals surface area contributed by atoms with Crippen molar-refractivity contribution >= 4 is 23.2 Å². The fourth-order valence-corrected chi connectivity index (χ4v) is 4.98. The quantitative estimate of drug-likeness (QED) is 0.893. The number of hydrogen-bond donors (Lipinski definition) is 1. The summed E-state index contributed by atoms with van der Waals surface area (Å²) in [6, 6.07) is 3.49. The number of carbonyl (C=O) groups excluding carboxylic acids is 2. The Morgan fingerprint density at radius 1 is 1.27 bits per heavy atom. The standard InChI is InChI=1S/C18H21N5O2S/c24-16(13-2-1-9-26-13)21-14-15-19-11-20-23(15)8-6-18(14)5-7-22(10-18)17(25)12-3-4-12/h1-2,9,11-12,14H,3-8,10H2,(H,21,24)/t14-,18+/m1/s1. The van der Waals surface area contributed by atoms with Crippen LogP contribution < -0.4 is 5.32 Å². The van der Waals surface area contributed by atoms with E-state index in [2.05, 4.69) is 15.4 Å². The molecule has 7 nitrogen and oxygen atoms in total. The summed E-state index contributed by atoms with van der Waals surface area (Å²) in [6.45, 7) is 2.26. The van der Waals surface area contributed by atoms with Crippen LogP contribution in [-0.4, -0.2) is 44.6 Å². The Bertz CT molecular complexity index is 844. The molecule has 4 heterocycles. The fourth-order valence-electron chi connectivity index (χ4n) is 4.36. The van der Waals surface area contributed by atoms with Crippen molar-refractivity contribution in [3.8, 4) is 0 Å². The highest BCUT2D eigenvalue weighted by molar-refractivity contribution is 7.12. The Hall–Kier alpha value is -2.22. The summed E-state index contributed by atoms with van der Waals surface area (Å²) in [6.07, 6.45) is 5.39. The van der Waals surface area contributed by atoms with E-state index >= 15 is 0 Å². The average Bonchev–Trinajstić information content (AvgIpc) is 3.08. The first-order chi connectivity index (χ1) is 12.7. The van der Waals surface area contributed by atoms with E-state index in [9.17, 15) is 9.59 Å². The third-order valence-corrected chi connectivity index (χ3v) is 6.85. The minimum Gasteiger partial charge on any atom is -0.342 e. The number of nitrogens with one attached hydrogen (secondary N) is 1. The van der Waals surface area contributed by atoms with Gasteiger partial charge in [0, 0.05) is 31.0 Å². The number of fused-ring (bicyclic) bond motifs is 1. The summed E-state index contributed by atoms with van der Waals surface area (Å²) in [4.78, 5) is 32.4. The van der Waals surface area contributed by atoms with E-state index in [1.807, 2.05) is 27.1 Å². The van der Waals surface area contributed by atoms with Gasteiger partial charge < -0.3 is 10.2 Å². The molecule has 0 aromatic carbocycles. The van der Waals surface area contributed by atoms with Gasteiger partial charge in [0.15, 0.2) is 0 Å². The predicted molar refractivity (Wildman–Crippen MR) is 95.5 cm³/mol. The van der Waals surface area contributed by atoms with Crippen molar-refractivity contribution in [2.75, 3.05) is 13.1 Å². The summed E-state index contributed by atoms with van der Waals surface area (Å²) in [7, 11) is 0. The molecule has 0 bridgehead atoms. The van der Waals surface area contributed by atoms with Gasteiger partial charge in [-0.25, -0.2) is 9.67 Å². The number of aryl methyl sites for hydroxylation is 1. The van der Waals surface area contributed by atoms with E-state index in [0.717, 1.165) is 44.6 Å². The van der Waals surface area contributed by atoms with Crippen LogP contribution >= 0.6 is 11.3 Å². The molecule has 2 aromatic rings. The van der Waals surface area contributed by atoms with Crippen LogP contribution in [0.1, 0.15) is 47.2 Å². The molecule has 0 radical (unpaired) electrons. The lowest BCUT2D eigenvalue weighted by atomic mass is 9.74. The van der Waals surface area contributed by atoms with E-state index in [0.29, 0.717) is 11.4 Å². The zero-order chi connectivity index (χ0) is 17.7. The first kappa shape index (κ1) is 16.0. The van der Waals surface area contributed by atoms with Crippen molar-refractivity contribution in [2.24, 2.45) is 11.3 Å². The van der Waals surface area contributed by atoms with Gasteiger partial charge in [0.2, 0.25) is 5.91 Å². The zero-order valence-electron chi connectivity index (χ0n) is 14.4. The van der Waals surface area contributed by atoms with Crippen LogP contribution in [0.25, 0.3) is 0 Å². The topological polar surface area (TPSA) is 80.1 Å². The summed E-state index contributed by atoms with van der Waals surface area (Å²) in [5.74, 6) is 1.25. The average molecular weight is 371 g/mol. The molecule has 2 atom stereocenters. The van der Waals surface area contributed by atoms with E-state index in [1.54, 1.807) is 6.33 Å². The zero-order valence-corrected chi connectivity index (χ0v) is 15.2. The maximum Gasteiger partial charge on any atom is 0.261 e. The molecule has 3 aliphatic rings. The van der Waals surface area contributed by atoms with Crippen molar-refractivity contribution in [1.29, 1.82) is 0 Å². The normalized spacial score (nSPS) is 27.5. The molecule has 1 saturated heterocycles. The van der Waals surface area contributed by atoms with Gasteiger partial charge in [-0.1, -0.05) is 6.07 Å². The molecular formula is C18H21N5O2S. The van der Waals surface area contributed by atoms with Crippen LogP contribution in [0.5, 0.6) is 0 Å². The molecule has 2 fully saturated rings. The molecule has 1 N–H and O–H groups in total. The third kappa shape index (κ3) is 2.55. The lowest BCUT2D eigenvalue weighted by Gasteiger charge is -2.40. The second-order valence-corrected chi connectivity index (χ2v) is 8.57. The molecule has 2 amide bonds. The minimum absolute atomic E-state index is 0.0761. The van der Waals surface area contributed by atoms with Crippen molar-refractivity contribution in [2.45, 2.75) is 38.3 Å². The molecule has 1 saturated carbocycles. The van der Waals surface area contributed by atoms with Crippen LogP contribution in [0.15, 0.2) is 23.8 Å². The smallest absolute Gasteiger partial charge is 0.261 e. The number of amides is 2. The Balaban J connectivity index is 1.44. The van der Waals surface area contributed by atoms with Gasteiger partial charge in [-0.2, -0.15) is 5.10 Å². The maximum atomic E-state index is 12.7. The van der Waals surface area contributed by atoms with Crippen LogP contribution in [0, 0.1) is 11.3 Å². The predicted octanol–water partition coefficient (Wildman–Crippen LogP) is 1.84. The van der Waals surface area contributed by atoms with E-state index in [1.165, 1.54) is 11.3 Å². The van der Waals surface area contributed by atoms with Gasteiger partial charge in [0.1, 0.15) is 12.2 Å². The number of likely N-dealkylation sites (tertiary alicyclic amines) is 1. The molecule has 5 rings (SSSR count). The summed E-state index contributed by atoms with van der Waals surface area (Å²) < 4.78 is 1.88. The van der Waals surface area contributed by atoms with E-state index in [-0.39, 0.29) is 29.2 Å². The molecule has 26 heavy (non-hydrogen) atoms. The molecule has 8 heteroatoms. The highest BCUT2D eigenvalue weighted by Gasteiger charge is 2.51. The van der Waals surface area contributed by atoms with E-state index in [4.69, 9.17) is 0 Å². The third-order valence-electron chi connectivity index (χ3n) is 5.98. The van der Waals surface area contributed by atoms with Crippen LogP contribution in [0.2, 0.25) is 0 Å². The molecular weight excluding hydrogens is 350 g/mol. The van der Waals surface area contributed by atoms with Gasteiger partial charge in [-0.05, 0) is 37.1 Å². The number of hydrogen-bond acceptors (Lipinski definition) is 5. The van der Waals surface area contributed by atoms with Crippen LogP contribution in [-0.2, 0) is 11.3 Å². The molecule has 1 spiro atoms. The Kier molecular flexibility index (Phi) is 3.63. The number of rotatable bonds is 3. The Morgan fingerprint density at radius 2 is 2.12 bits per heavy atom. The highest BCUT2D eigenvalue weighted by atomic mass is 32.1. The number of carbonyl (C=O) groups is 2. The van der Waals surface area contributed by atoms with E-state index < -0.39 is 0 Å². The van der Waals surface area contributed by atoms with Gasteiger partial charge >= 0.3 is 0 Å². The maximum absolute atomic E-state index is 12.7. The first-order valence-corrected chi connectivity index (χ1v) is 10.1. The minimum atomic E-state index is -0.217. The van der Waals surface area contributed by atoms with Gasteiger partial charge in [-0.15, -0.1) is 11.3 Å². The van der Waals surface area contributed by atoms with Crippen LogP contribution in [0.4, 0.5) is 0 Å². The fraction of sp³-hybridized carbons (Fsp3) is 0.556. The first-order valence-electron chi connectivity index (χ1n) is 9.17. The van der Waals surface area contributed by atoms with Crippen molar-refractivity contribution in [1.82, 2.24) is 25.0 Å². The molecule has 136 valence electrons. The van der Waals surface area contributed by atoms with Gasteiger partial charge in [0.05, 0.1) is 10.9 Å². The Labute approximate surface area is 155 Å². The van der Waals surface area contributed by atoms with Crippen LogP contribution in [0.3, 0.4) is 0 Å². The Morgan fingerprint density at radius 3 is 2.88 bits per heavy atom. The van der Waals surface area contributed by atoms with Crippen molar-refractivity contribution in [3.05, 3.63) is 34.5 Å². The monoisotopic (exact) mass is 371 g/mol. The summed E-state index contributed by atoms with van der Waals surface area (Å²) >= 11 is 1.43. The van der Waals surface area contributed by atoms with Gasteiger partial charge in [0.25, 0.3) is 5.91 Å². The molecule has 0 unspecified atom stereocenters. The van der Waals surface area contributed by atoms with Gasteiger partial charge in [-0.3, -0.25) is 9.59 Å². The summed E-state index contributed by atoms with van der Waals surface area (Å²) in [5.41, 5.74) is -0.152. The number of thiophene rings is 1. The summed E-state index contributed by atoms with van der Waals surface area (Å²) in [5, 5.41) is 9.41. The lowest BCUT2D eigenvalue weighted by Crippen LogP contribution is -2.48. The largest absolute Gasteiger partial charge is 0.342 e. The lowest BCUT2D eigenvalue weighted by molar-refractivity contribution is -0.132. The highest BCUT2D eigenvalue weighted by Crippen LogP contribution is 2.48. The molecule has 1 aliphatic carbocycles. The second kappa shape index (κ2) is 5.90. The second-order valence-electron chi connectivity index (χ2n) is 7.62. The number of nitrogens with zero attached hydrogens (tertiary/aromatic N) is 4. The van der Waals surface area contributed by atoms with Crippen molar-refractivity contribution in [3.63, 3.8) is 0 Å². The SMILES string of the molecule is O=C(N[C@@H]1c2ncnn2CC[C@]12CCN(C(=O)C1CC1)C2)c1cccs1. The van der Waals surface area contributed by atoms with Crippen molar-refractivity contribution < 1.29 is 9.59 Å². The molecule has 2 aliphatic heterocycles. The number of aromatic nitrogens is 3.